The van der Waals surface area contributed by atoms with E-state index in [4.69, 9.17) is 16.0 Å². The Morgan fingerprint density at radius 1 is 1.38 bits per heavy atom. The summed E-state index contributed by atoms with van der Waals surface area (Å²) in [6.07, 6.45) is 1.62. The predicted molar refractivity (Wildman–Crippen MR) is 80.6 cm³/mol. The third-order valence-electron chi connectivity index (χ3n) is 3.21. The number of aryl methyl sites for hydroxylation is 1. The average Bonchev–Trinajstić information content (AvgIpc) is 2.87. The van der Waals surface area contributed by atoms with Crippen LogP contribution >= 0.6 is 11.6 Å². The minimum Gasteiger partial charge on any atom is -0.444 e. The third kappa shape index (κ3) is 2.56. The van der Waals surface area contributed by atoms with Crippen LogP contribution in [0.4, 0.5) is 0 Å². The number of hydrogen-bond acceptors (Lipinski definition) is 4. The van der Waals surface area contributed by atoms with Crippen LogP contribution in [0.25, 0.3) is 10.9 Å². The summed E-state index contributed by atoms with van der Waals surface area (Å²) in [7, 11) is 0. The number of para-hydroxylation sites is 1. The minimum absolute atomic E-state index is 0.140. The van der Waals surface area contributed by atoms with Gasteiger partial charge in [0, 0.05) is 0 Å². The first-order chi connectivity index (χ1) is 10.1. The summed E-state index contributed by atoms with van der Waals surface area (Å²) in [6, 6.07) is 7.22. The number of nitrogens with zero attached hydrogens (tertiary/aromatic N) is 3. The summed E-state index contributed by atoms with van der Waals surface area (Å²) < 4.78 is 6.97. The van der Waals surface area contributed by atoms with Crippen LogP contribution < -0.4 is 5.56 Å². The van der Waals surface area contributed by atoms with Gasteiger partial charge in [-0.1, -0.05) is 12.1 Å². The number of rotatable bonds is 3. The highest BCUT2D eigenvalue weighted by molar-refractivity contribution is 6.20. The van der Waals surface area contributed by atoms with Gasteiger partial charge >= 0.3 is 0 Å². The predicted octanol–water partition coefficient (Wildman–Crippen LogP) is 3.04. The molecule has 0 saturated heterocycles. The molecule has 0 saturated carbocycles. The van der Waals surface area contributed by atoms with Gasteiger partial charge < -0.3 is 4.42 Å². The lowest BCUT2D eigenvalue weighted by Gasteiger charge is -2.13. The molecular weight excluding hydrogens is 290 g/mol. The van der Waals surface area contributed by atoms with E-state index >= 15 is 0 Å². The Bertz CT molecular complexity index is 851. The Kier molecular flexibility index (Phi) is 3.51. The second-order valence-corrected chi connectivity index (χ2v) is 5.51. The van der Waals surface area contributed by atoms with Gasteiger partial charge in [0.05, 0.1) is 22.5 Å². The number of oxazole rings is 1. The molecule has 2 heterocycles. The van der Waals surface area contributed by atoms with Crippen molar-refractivity contribution < 1.29 is 4.42 Å². The van der Waals surface area contributed by atoms with Crippen LogP contribution in [0.5, 0.6) is 0 Å². The van der Waals surface area contributed by atoms with Crippen molar-refractivity contribution >= 4 is 22.5 Å². The summed E-state index contributed by atoms with van der Waals surface area (Å²) in [5.74, 6) is 1.67. The highest BCUT2D eigenvalue weighted by atomic mass is 35.5. The van der Waals surface area contributed by atoms with E-state index in [1.54, 1.807) is 25.3 Å². The summed E-state index contributed by atoms with van der Waals surface area (Å²) >= 11 is 6.18. The molecule has 1 unspecified atom stereocenters. The zero-order valence-electron chi connectivity index (χ0n) is 11.7. The summed E-state index contributed by atoms with van der Waals surface area (Å²) in [6.45, 7) is 3.81. The van der Waals surface area contributed by atoms with E-state index in [0.29, 0.717) is 28.4 Å². The molecule has 0 bridgehead atoms. The lowest BCUT2D eigenvalue weighted by Crippen LogP contribution is -2.26. The summed E-state index contributed by atoms with van der Waals surface area (Å²) in [5.41, 5.74) is 0.504. The monoisotopic (exact) mass is 303 g/mol. The maximum Gasteiger partial charge on any atom is 0.261 e. The molecule has 6 heteroatoms. The van der Waals surface area contributed by atoms with Crippen molar-refractivity contribution in [2.45, 2.75) is 25.8 Å². The van der Waals surface area contributed by atoms with Gasteiger partial charge in [0.25, 0.3) is 5.56 Å². The lowest BCUT2D eigenvalue weighted by atomic mass is 10.2. The van der Waals surface area contributed by atoms with Crippen LogP contribution in [0.15, 0.2) is 39.7 Å². The standard InChI is InChI=1S/C15H14ClN3O2/c1-9-7-17-13(21-9)8-19-14(10(2)16)18-12-6-4-3-5-11(12)15(19)20/h3-7,10H,8H2,1-2H3. The maximum atomic E-state index is 12.7. The quantitative estimate of drug-likeness (QED) is 0.698. The molecule has 108 valence electrons. The second kappa shape index (κ2) is 5.33. The minimum atomic E-state index is -0.390. The number of hydrogen-bond donors (Lipinski definition) is 0. The van der Waals surface area contributed by atoms with E-state index in [-0.39, 0.29) is 12.1 Å². The molecule has 0 amide bonds. The highest BCUT2D eigenvalue weighted by Gasteiger charge is 2.16. The van der Waals surface area contributed by atoms with Crippen molar-refractivity contribution in [3.05, 3.63) is 58.3 Å². The van der Waals surface area contributed by atoms with Crippen molar-refractivity contribution in [2.75, 3.05) is 0 Å². The van der Waals surface area contributed by atoms with Gasteiger partial charge in [-0.15, -0.1) is 11.6 Å². The van der Waals surface area contributed by atoms with E-state index in [9.17, 15) is 4.79 Å². The Balaban J connectivity index is 2.21. The molecule has 3 rings (SSSR count). The van der Waals surface area contributed by atoms with E-state index < -0.39 is 5.38 Å². The summed E-state index contributed by atoms with van der Waals surface area (Å²) in [5, 5.41) is 0.167. The number of alkyl halides is 1. The highest BCUT2D eigenvalue weighted by Crippen LogP contribution is 2.19. The third-order valence-corrected chi connectivity index (χ3v) is 3.40. The molecule has 1 aromatic carbocycles. The Hall–Kier alpha value is -2.14. The molecule has 0 aliphatic heterocycles. The van der Waals surface area contributed by atoms with Gasteiger partial charge in [-0.3, -0.25) is 9.36 Å². The normalized spacial score (nSPS) is 12.7. The van der Waals surface area contributed by atoms with Crippen molar-refractivity contribution in [3.63, 3.8) is 0 Å². The molecule has 0 spiro atoms. The Morgan fingerprint density at radius 2 is 2.14 bits per heavy atom. The van der Waals surface area contributed by atoms with E-state index in [0.717, 1.165) is 0 Å². The van der Waals surface area contributed by atoms with Gasteiger partial charge in [0.15, 0.2) is 0 Å². The van der Waals surface area contributed by atoms with Crippen LogP contribution in [-0.4, -0.2) is 14.5 Å². The van der Waals surface area contributed by atoms with Crippen LogP contribution in [0, 0.1) is 6.92 Å². The number of halogens is 1. The molecule has 0 radical (unpaired) electrons. The molecule has 2 aromatic heterocycles. The maximum absolute atomic E-state index is 12.7. The molecule has 0 N–H and O–H groups in total. The Labute approximate surface area is 126 Å². The molecule has 0 aliphatic rings. The van der Waals surface area contributed by atoms with Crippen molar-refractivity contribution in [1.82, 2.24) is 14.5 Å². The molecule has 0 aliphatic carbocycles. The smallest absolute Gasteiger partial charge is 0.261 e. The molecule has 5 nitrogen and oxygen atoms in total. The second-order valence-electron chi connectivity index (χ2n) is 4.86. The van der Waals surface area contributed by atoms with E-state index in [2.05, 4.69) is 9.97 Å². The fraction of sp³-hybridized carbons (Fsp3) is 0.267. The van der Waals surface area contributed by atoms with Crippen molar-refractivity contribution in [2.24, 2.45) is 0 Å². The average molecular weight is 304 g/mol. The largest absolute Gasteiger partial charge is 0.444 e. The molecular formula is C15H14ClN3O2. The fourth-order valence-electron chi connectivity index (χ4n) is 2.25. The Morgan fingerprint density at radius 3 is 2.81 bits per heavy atom. The first kappa shape index (κ1) is 13.8. The van der Waals surface area contributed by atoms with E-state index in [1.807, 2.05) is 19.1 Å². The van der Waals surface area contributed by atoms with Gasteiger partial charge in [-0.05, 0) is 26.0 Å². The molecule has 21 heavy (non-hydrogen) atoms. The van der Waals surface area contributed by atoms with Crippen LogP contribution in [0.1, 0.15) is 29.8 Å². The SMILES string of the molecule is Cc1cnc(Cn2c(C(C)Cl)nc3ccccc3c2=O)o1. The molecule has 3 aromatic rings. The van der Waals surface area contributed by atoms with Gasteiger partial charge in [-0.2, -0.15) is 0 Å². The van der Waals surface area contributed by atoms with Crippen molar-refractivity contribution in [3.8, 4) is 0 Å². The lowest BCUT2D eigenvalue weighted by molar-refractivity contribution is 0.449. The number of fused-ring (bicyclic) bond motifs is 1. The number of benzene rings is 1. The number of aromatic nitrogens is 3. The van der Waals surface area contributed by atoms with E-state index in [1.165, 1.54) is 4.57 Å². The van der Waals surface area contributed by atoms with Crippen LogP contribution in [-0.2, 0) is 6.54 Å². The van der Waals surface area contributed by atoms with Crippen molar-refractivity contribution in [1.29, 1.82) is 0 Å². The first-order valence-electron chi connectivity index (χ1n) is 6.61. The zero-order valence-corrected chi connectivity index (χ0v) is 12.5. The van der Waals surface area contributed by atoms with Gasteiger partial charge in [0.1, 0.15) is 18.1 Å². The fourth-order valence-corrected chi connectivity index (χ4v) is 2.42. The topological polar surface area (TPSA) is 60.9 Å². The first-order valence-corrected chi connectivity index (χ1v) is 7.05. The van der Waals surface area contributed by atoms with Crippen LogP contribution in [0.3, 0.4) is 0 Å². The zero-order chi connectivity index (χ0) is 15.0. The summed E-state index contributed by atoms with van der Waals surface area (Å²) in [4.78, 5) is 21.3. The van der Waals surface area contributed by atoms with Gasteiger partial charge in [-0.25, -0.2) is 9.97 Å². The van der Waals surface area contributed by atoms with Gasteiger partial charge in [0.2, 0.25) is 5.89 Å². The van der Waals surface area contributed by atoms with Crippen LogP contribution in [0.2, 0.25) is 0 Å². The molecule has 0 fully saturated rings. The molecule has 1 atom stereocenters.